The number of nitrogens with zero attached hydrogens (tertiary/aromatic N) is 1. The minimum absolute atomic E-state index is 0.0304. The molecule has 0 spiro atoms. The summed E-state index contributed by atoms with van der Waals surface area (Å²) < 4.78 is 5.43. The average molecular weight is 282 g/mol. The van der Waals surface area contributed by atoms with Gasteiger partial charge in [0.2, 0.25) is 5.06 Å². The first-order chi connectivity index (χ1) is 8.41. The third-order valence-electron chi connectivity index (χ3n) is 2.54. The minimum Gasteiger partial charge on any atom is -0.486 e. The molecule has 0 aliphatic carbocycles. The second-order valence-corrected chi connectivity index (χ2v) is 6.51. The van der Waals surface area contributed by atoms with Gasteiger partial charge in [0.25, 0.3) is 0 Å². The van der Waals surface area contributed by atoms with Gasteiger partial charge < -0.3 is 4.74 Å². The number of aromatic nitrogens is 1. The van der Waals surface area contributed by atoms with Crippen LogP contribution in [0.3, 0.4) is 0 Å². The Morgan fingerprint density at radius 2 is 1.78 bits per heavy atom. The summed E-state index contributed by atoms with van der Waals surface area (Å²) >= 11 is 7.50. The summed E-state index contributed by atoms with van der Waals surface area (Å²) in [5.74, 6) is 0. The van der Waals surface area contributed by atoms with Crippen molar-refractivity contribution in [3.05, 3.63) is 34.3 Å². The van der Waals surface area contributed by atoms with Crippen molar-refractivity contribution in [2.24, 2.45) is 0 Å². The summed E-state index contributed by atoms with van der Waals surface area (Å²) in [6, 6.07) is 7.66. The minimum atomic E-state index is 0.0304. The zero-order valence-electron chi connectivity index (χ0n) is 11.0. The number of hydrogen-bond donors (Lipinski definition) is 0. The SMILES string of the molecule is COc1sc(C(C)(C)C)nc1-c1ccc(Cl)cc1. The van der Waals surface area contributed by atoms with E-state index in [0.717, 1.165) is 26.4 Å². The first-order valence-electron chi connectivity index (χ1n) is 5.73. The summed E-state index contributed by atoms with van der Waals surface area (Å²) in [7, 11) is 1.68. The van der Waals surface area contributed by atoms with Gasteiger partial charge in [-0.05, 0) is 12.1 Å². The number of hydrogen-bond acceptors (Lipinski definition) is 3. The van der Waals surface area contributed by atoms with Crippen molar-refractivity contribution in [3.8, 4) is 16.3 Å². The predicted molar refractivity (Wildman–Crippen MR) is 77.8 cm³/mol. The van der Waals surface area contributed by atoms with Crippen molar-refractivity contribution >= 4 is 22.9 Å². The molecule has 2 aromatic rings. The van der Waals surface area contributed by atoms with Crippen LogP contribution in [0.5, 0.6) is 5.06 Å². The number of thiazole rings is 1. The Morgan fingerprint density at radius 3 is 2.28 bits per heavy atom. The molecule has 0 aliphatic heterocycles. The molecule has 18 heavy (non-hydrogen) atoms. The van der Waals surface area contributed by atoms with E-state index < -0.39 is 0 Å². The zero-order chi connectivity index (χ0) is 13.3. The average Bonchev–Trinajstić information content (AvgIpc) is 2.73. The molecule has 0 aliphatic rings. The number of benzene rings is 1. The maximum absolute atomic E-state index is 5.90. The van der Waals surface area contributed by atoms with Crippen LogP contribution < -0.4 is 4.74 Å². The van der Waals surface area contributed by atoms with Gasteiger partial charge in [0, 0.05) is 16.0 Å². The van der Waals surface area contributed by atoms with E-state index >= 15 is 0 Å². The van der Waals surface area contributed by atoms with Gasteiger partial charge in [-0.1, -0.05) is 55.8 Å². The molecule has 0 unspecified atom stereocenters. The van der Waals surface area contributed by atoms with E-state index in [2.05, 4.69) is 20.8 Å². The molecule has 0 bridgehead atoms. The van der Waals surface area contributed by atoms with Crippen molar-refractivity contribution in [3.63, 3.8) is 0 Å². The zero-order valence-corrected chi connectivity index (χ0v) is 12.5. The monoisotopic (exact) mass is 281 g/mol. The van der Waals surface area contributed by atoms with Crippen LogP contribution >= 0.6 is 22.9 Å². The largest absolute Gasteiger partial charge is 0.486 e. The first-order valence-corrected chi connectivity index (χ1v) is 6.92. The highest BCUT2D eigenvalue weighted by molar-refractivity contribution is 7.14. The summed E-state index contributed by atoms with van der Waals surface area (Å²) in [5.41, 5.74) is 1.95. The normalized spacial score (nSPS) is 11.6. The van der Waals surface area contributed by atoms with Crippen LogP contribution in [0, 0.1) is 0 Å². The van der Waals surface area contributed by atoms with Crippen molar-refractivity contribution in [1.29, 1.82) is 0 Å². The third kappa shape index (κ3) is 2.68. The number of methoxy groups -OCH3 is 1. The van der Waals surface area contributed by atoms with Crippen LogP contribution in [-0.2, 0) is 5.41 Å². The molecule has 96 valence electrons. The van der Waals surface area contributed by atoms with Crippen molar-refractivity contribution in [2.45, 2.75) is 26.2 Å². The Kier molecular flexibility index (Phi) is 3.64. The molecular weight excluding hydrogens is 266 g/mol. The van der Waals surface area contributed by atoms with Crippen LogP contribution in [0.2, 0.25) is 5.02 Å². The molecule has 0 saturated heterocycles. The lowest BCUT2D eigenvalue weighted by Crippen LogP contribution is -2.10. The molecular formula is C14H16ClNOS. The molecule has 0 N–H and O–H groups in total. The smallest absolute Gasteiger partial charge is 0.202 e. The summed E-state index contributed by atoms with van der Waals surface area (Å²) in [6.45, 7) is 6.45. The van der Waals surface area contributed by atoms with E-state index in [1.807, 2.05) is 24.3 Å². The summed E-state index contributed by atoms with van der Waals surface area (Å²) in [6.07, 6.45) is 0. The van der Waals surface area contributed by atoms with Crippen LogP contribution in [0.1, 0.15) is 25.8 Å². The molecule has 1 heterocycles. The Balaban J connectivity index is 2.50. The van der Waals surface area contributed by atoms with E-state index in [9.17, 15) is 0 Å². The molecule has 1 aromatic carbocycles. The number of rotatable bonds is 2. The van der Waals surface area contributed by atoms with Gasteiger partial charge >= 0.3 is 0 Å². The highest BCUT2D eigenvalue weighted by Crippen LogP contribution is 2.39. The lowest BCUT2D eigenvalue weighted by atomic mass is 9.98. The fourth-order valence-corrected chi connectivity index (χ4v) is 2.64. The topological polar surface area (TPSA) is 22.1 Å². The fourth-order valence-electron chi connectivity index (χ4n) is 1.56. The molecule has 0 atom stereocenters. The van der Waals surface area contributed by atoms with Crippen LogP contribution in [0.25, 0.3) is 11.3 Å². The van der Waals surface area contributed by atoms with Crippen molar-refractivity contribution in [1.82, 2.24) is 4.98 Å². The van der Waals surface area contributed by atoms with E-state index in [0.29, 0.717) is 0 Å². The van der Waals surface area contributed by atoms with Crippen LogP contribution in [0.4, 0.5) is 0 Å². The second-order valence-electron chi connectivity index (χ2n) is 5.12. The van der Waals surface area contributed by atoms with Gasteiger partial charge in [-0.2, -0.15) is 0 Å². The standard InChI is InChI=1S/C14H16ClNOS/c1-14(2,3)13-16-11(12(17-4)18-13)9-5-7-10(15)8-6-9/h5-8H,1-4H3. The number of halogens is 1. The highest BCUT2D eigenvalue weighted by Gasteiger charge is 2.22. The molecule has 2 nitrogen and oxygen atoms in total. The molecule has 0 fully saturated rings. The Hall–Kier alpha value is -1.06. The predicted octanol–water partition coefficient (Wildman–Crippen LogP) is 4.77. The van der Waals surface area contributed by atoms with E-state index in [-0.39, 0.29) is 5.41 Å². The second kappa shape index (κ2) is 4.90. The molecule has 0 amide bonds. The van der Waals surface area contributed by atoms with E-state index in [4.69, 9.17) is 21.3 Å². The lowest BCUT2D eigenvalue weighted by Gasteiger charge is -2.13. The molecule has 0 saturated carbocycles. The van der Waals surface area contributed by atoms with Gasteiger partial charge in [-0.25, -0.2) is 4.98 Å². The Morgan fingerprint density at radius 1 is 1.17 bits per heavy atom. The van der Waals surface area contributed by atoms with Gasteiger partial charge in [0.05, 0.1) is 7.11 Å². The third-order valence-corrected chi connectivity index (χ3v) is 4.24. The number of ether oxygens (including phenoxy) is 1. The van der Waals surface area contributed by atoms with Crippen molar-refractivity contribution in [2.75, 3.05) is 7.11 Å². The van der Waals surface area contributed by atoms with E-state index in [1.165, 1.54) is 0 Å². The molecule has 1 aromatic heterocycles. The highest BCUT2D eigenvalue weighted by atomic mass is 35.5. The Labute approximate surface area is 117 Å². The summed E-state index contributed by atoms with van der Waals surface area (Å²) in [4.78, 5) is 4.70. The van der Waals surface area contributed by atoms with Gasteiger partial charge in [0.1, 0.15) is 10.7 Å². The Bertz CT molecular complexity index is 540. The molecule has 0 radical (unpaired) electrons. The summed E-state index contributed by atoms with van der Waals surface area (Å²) in [5, 5.41) is 2.65. The quantitative estimate of drug-likeness (QED) is 0.791. The maximum Gasteiger partial charge on any atom is 0.202 e. The first kappa shape index (κ1) is 13.4. The molecule has 2 rings (SSSR count). The van der Waals surface area contributed by atoms with Crippen LogP contribution in [0.15, 0.2) is 24.3 Å². The van der Waals surface area contributed by atoms with E-state index in [1.54, 1.807) is 18.4 Å². The fraction of sp³-hybridized carbons (Fsp3) is 0.357. The molecule has 4 heteroatoms. The van der Waals surface area contributed by atoms with Crippen molar-refractivity contribution < 1.29 is 4.74 Å². The van der Waals surface area contributed by atoms with Crippen LogP contribution in [-0.4, -0.2) is 12.1 Å². The maximum atomic E-state index is 5.90. The van der Waals surface area contributed by atoms with Gasteiger partial charge in [-0.3, -0.25) is 0 Å². The van der Waals surface area contributed by atoms with Gasteiger partial charge in [-0.15, -0.1) is 0 Å². The lowest BCUT2D eigenvalue weighted by molar-refractivity contribution is 0.428. The van der Waals surface area contributed by atoms with Gasteiger partial charge in [0.15, 0.2) is 0 Å².